The molecule has 0 aliphatic heterocycles. The predicted octanol–water partition coefficient (Wildman–Crippen LogP) is 2.53. The van der Waals surface area contributed by atoms with Crippen molar-refractivity contribution in [2.24, 2.45) is 0 Å². The summed E-state index contributed by atoms with van der Waals surface area (Å²) in [5.74, 6) is -1.12. The molecule has 7 heteroatoms. The Bertz CT molecular complexity index is 556. The lowest BCUT2D eigenvalue weighted by Gasteiger charge is -2.12. The van der Waals surface area contributed by atoms with Crippen LogP contribution in [0.4, 0.5) is 0 Å². The second kappa shape index (κ2) is 8.69. The van der Waals surface area contributed by atoms with Crippen LogP contribution >= 0.6 is 45.2 Å². The van der Waals surface area contributed by atoms with Gasteiger partial charge in [0.05, 0.1) is 5.56 Å². The van der Waals surface area contributed by atoms with E-state index in [1.807, 2.05) is 28.7 Å². The van der Waals surface area contributed by atoms with Gasteiger partial charge in [-0.3, -0.25) is 0 Å². The molecule has 0 heterocycles. The Morgan fingerprint density at radius 3 is 2.48 bits per heavy atom. The summed E-state index contributed by atoms with van der Waals surface area (Å²) in [5, 5.41) is 9.60. The molecule has 0 saturated heterocycles. The fourth-order valence-electron chi connectivity index (χ4n) is 1.25. The van der Waals surface area contributed by atoms with E-state index in [1.54, 1.807) is 12.1 Å². The number of aliphatic hydroxyl groups is 1. The number of aliphatic hydroxyl groups excluding tert-OH is 1. The van der Waals surface area contributed by atoms with Crippen molar-refractivity contribution < 1.29 is 24.2 Å². The van der Waals surface area contributed by atoms with Crippen LogP contribution in [0, 0.1) is 7.14 Å². The van der Waals surface area contributed by atoms with Gasteiger partial charge in [-0.25, -0.2) is 9.59 Å². The van der Waals surface area contributed by atoms with Gasteiger partial charge in [0.25, 0.3) is 0 Å². The monoisotopic (exact) mass is 516 g/mol. The maximum absolute atomic E-state index is 11.9. The smallest absolute Gasteiger partial charge is 0.339 e. The van der Waals surface area contributed by atoms with Crippen LogP contribution in [0.2, 0.25) is 0 Å². The van der Waals surface area contributed by atoms with Gasteiger partial charge >= 0.3 is 11.9 Å². The van der Waals surface area contributed by atoms with E-state index in [0.717, 1.165) is 7.14 Å². The van der Waals surface area contributed by atoms with Gasteiger partial charge in [-0.05, 0) is 70.3 Å². The van der Waals surface area contributed by atoms with Crippen molar-refractivity contribution >= 4 is 57.1 Å². The number of ether oxygens (including phenoxy) is 2. The molecule has 0 aliphatic carbocycles. The molecular weight excluding hydrogens is 502 g/mol. The third kappa shape index (κ3) is 6.30. The zero-order valence-electron chi connectivity index (χ0n) is 11.3. The lowest BCUT2D eigenvalue weighted by atomic mass is 10.2. The molecule has 0 aliphatic rings. The van der Waals surface area contributed by atoms with E-state index < -0.39 is 18.0 Å². The highest BCUT2D eigenvalue weighted by Crippen LogP contribution is 2.17. The lowest BCUT2D eigenvalue weighted by Crippen LogP contribution is -2.25. The first-order chi connectivity index (χ1) is 9.81. The number of rotatable bonds is 6. The number of halogens is 2. The average Bonchev–Trinajstić information content (AvgIpc) is 2.41. The van der Waals surface area contributed by atoms with Gasteiger partial charge in [-0.1, -0.05) is 6.58 Å². The zero-order valence-corrected chi connectivity index (χ0v) is 15.6. The third-order valence-corrected chi connectivity index (χ3v) is 3.88. The van der Waals surface area contributed by atoms with Crippen LogP contribution in [0.25, 0.3) is 0 Å². The Morgan fingerprint density at radius 1 is 1.29 bits per heavy atom. The first kappa shape index (κ1) is 18.4. The van der Waals surface area contributed by atoms with E-state index in [4.69, 9.17) is 9.47 Å². The number of hydrogen-bond acceptors (Lipinski definition) is 5. The highest BCUT2D eigenvalue weighted by molar-refractivity contribution is 14.1. The second-order valence-electron chi connectivity index (χ2n) is 4.26. The topological polar surface area (TPSA) is 72.8 Å². The molecule has 0 fully saturated rings. The average molecular weight is 516 g/mol. The van der Waals surface area contributed by atoms with Crippen molar-refractivity contribution in [3.8, 4) is 0 Å². The van der Waals surface area contributed by atoms with Crippen molar-refractivity contribution in [3.63, 3.8) is 0 Å². The SMILES string of the molecule is C=C(C)C(=O)OCC(O)COC(=O)c1ccc(I)cc1I. The minimum atomic E-state index is -1.07. The maximum atomic E-state index is 11.9. The fraction of sp³-hybridized carbons (Fsp3) is 0.286. The number of carbonyl (C=O) groups excluding carboxylic acids is 2. The summed E-state index contributed by atoms with van der Waals surface area (Å²) in [5.41, 5.74) is 0.676. The highest BCUT2D eigenvalue weighted by atomic mass is 127. The fourth-order valence-corrected chi connectivity index (χ4v) is 3.07. The Kier molecular flexibility index (Phi) is 7.60. The first-order valence-corrected chi connectivity index (χ1v) is 8.10. The molecule has 21 heavy (non-hydrogen) atoms. The van der Waals surface area contributed by atoms with Gasteiger partial charge in [0.2, 0.25) is 0 Å². The number of hydrogen-bond donors (Lipinski definition) is 1. The molecule has 0 spiro atoms. The Morgan fingerprint density at radius 2 is 1.90 bits per heavy atom. The molecule has 1 rings (SSSR count). The molecule has 1 unspecified atom stereocenters. The van der Waals surface area contributed by atoms with Gasteiger partial charge in [0.1, 0.15) is 19.3 Å². The van der Waals surface area contributed by atoms with Gasteiger partial charge in [0.15, 0.2) is 0 Å². The van der Waals surface area contributed by atoms with E-state index in [2.05, 4.69) is 29.2 Å². The van der Waals surface area contributed by atoms with Gasteiger partial charge in [-0.2, -0.15) is 0 Å². The quantitative estimate of drug-likeness (QED) is 0.358. The number of benzene rings is 1. The Labute approximate surface area is 150 Å². The number of carbonyl (C=O) groups is 2. The van der Waals surface area contributed by atoms with Crippen LogP contribution in [0.3, 0.4) is 0 Å². The van der Waals surface area contributed by atoms with Crippen LogP contribution in [0.15, 0.2) is 30.4 Å². The zero-order chi connectivity index (χ0) is 16.0. The molecule has 1 aromatic carbocycles. The maximum Gasteiger partial charge on any atom is 0.339 e. The largest absolute Gasteiger partial charge is 0.459 e. The molecule has 1 N–H and O–H groups in total. The molecule has 0 saturated carbocycles. The molecule has 0 aromatic heterocycles. The summed E-state index contributed by atoms with van der Waals surface area (Å²) in [4.78, 5) is 23.0. The third-order valence-electron chi connectivity index (χ3n) is 2.31. The van der Waals surface area contributed by atoms with Gasteiger partial charge < -0.3 is 14.6 Å². The van der Waals surface area contributed by atoms with E-state index >= 15 is 0 Å². The molecule has 1 aromatic rings. The molecule has 1 atom stereocenters. The van der Waals surface area contributed by atoms with E-state index in [-0.39, 0.29) is 18.8 Å². The van der Waals surface area contributed by atoms with E-state index in [1.165, 1.54) is 6.92 Å². The van der Waals surface area contributed by atoms with Crippen LogP contribution in [0.1, 0.15) is 17.3 Å². The summed E-state index contributed by atoms with van der Waals surface area (Å²) in [6.07, 6.45) is -1.07. The molecule has 0 bridgehead atoms. The molecule has 5 nitrogen and oxygen atoms in total. The molecular formula is C14H14I2O5. The normalized spacial score (nSPS) is 11.6. The van der Waals surface area contributed by atoms with Crippen molar-refractivity contribution in [1.29, 1.82) is 0 Å². The molecule has 0 amide bonds. The van der Waals surface area contributed by atoms with Crippen LogP contribution in [-0.2, 0) is 14.3 Å². The minimum absolute atomic E-state index is 0.243. The van der Waals surface area contributed by atoms with Crippen LogP contribution in [0.5, 0.6) is 0 Å². The Balaban J connectivity index is 2.45. The van der Waals surface area contributed by atoms with E-state index in [0.29, 0.717) is 5.56 Å². The summed E-state index contributed by atoms with van der Waals surface area (Å²) in [6.45, 7) is 4.44. The first-order valence-electron chi connectivity index (χ1n) is 5.94. The van der Waals surface area contributed by atoms with Crippen LogP contribution < -0.4 is 0 Å². The predicted molar refractivity (Wildman–Crippen MR) is 93.9 cm³/mol. The van der Waals surface area contributed by atoms with Crippen molar-refractivity contribution in [2.75, 3.05) is 13.2 Å². The van der Waals surface area contributed by atoms with Crippen molar-refractivity contribution in [2.45, 2.75) is 13.0 Å². The molecule has 0 radical (unpaired) electrons. The Hall–Kier alpha value is -0.680. The second-order valence-corrected chi connectivity index (χ2v) is 6.66. The van der Waals surface area contributed by atoms with E-state index in [9.17, 15) is 14.7 Å². The van der Waals surface area contributed by atoms with Gasteiger partial charge in [0, 0.05) is 12.7 Å². The van der Waals surface area contributed by atoms with Crippen molar-refractivity contribution in [3.05, 3.63) is 43.1 Å². The summed E-state index contributed by atoms with van der Waals surface area (Å²) in [7, 11) is 0. The highest BCUT2D eigenvalue weighted by Gasteiger charge is 2.15. The minimum Gasteiger partial charge on any atom is -0.459 e. The summed E-state index contributed by atoms with van der Waals surface area (Å²) in [6, 6.07) is 5.31. The van der Waals surface area contributed by atoms with Gasteiger partial charge in [-0.15, -0.1) is 0 Å². The number of esters is 2. The summed E-state index contributed by atoms with van der Waals surface area (Å²) >= 11 is 4.19. The lowest BCUT2D eigenvalue weighted by molar-refractivity contribution is -0.142. The standard InChI is InChI=1S/C14H14I2O5/c1-8(2)13(18)20-6-10(17)7-21-14(19)11-4-3-9(15)5-12(11)16/h3-5,10,17H,1,6-7H2,2H3. The van der Waals surface area contributed by atoms with Crippen LogP contribution in [-0.4, -0.2) is 36.4 Å². The summed E-state index contributed by atoms with van der Waals surface area (Å²) < 4.78 is 11.5. The van der Waals surface area contributed by atoms with Crippen molar-refractivity contribution in [1.82, 2.24) is 0 Å². The molecule has 114 valence electrons.